The lowest BCUT2D eigenvalue weighted by atomic mass is 9.83. The molecule has 2 N–H and O–H groups in total. The van der Waals surface area contributed by atoms with Gasteiger partial charge in [-0.2, -0.15) is 4.98 Å². The average Bonchev–Trinajstić information content (AvgIpc) is 2.95. The maximum Gasteiger partial charge on any atom is 0.234 e. The molecule has 3 rings (SSSR count). The third kappa shape index (κ3) is 2.28. The largest absolute Gasteiger partial charge is 0.339 e. The number of hydrogen-bond donors (Lipinski definition) is 1. The van der Waals surface area contributed by atoms with Gasteiger partial charge in [0.1, 0.15) is 0 Å². The van der Waals surface area contributed by atoms with Crippen LogP contribution in [-0.2, 0) is 6.42 Å². The number of aryl methyl sites for hydroxylation is 1. The first kappa shape index (κ1) is 12.4. The molecule has 1 aromatic heterocycles. The van der Waals surface area contributed by atoms with Crippen molar-refractivity contribution in [3.05, 3.63) is 47.1 Å². The summed E-state index contributed by atoms with van der Waals surface area (Å²) in [5.74, 6) is 1.57. The predicted molar refractivity (Wildman–Crippen MR) is 72.7 cm³/mol. The van der Waals surface area contributed by atoms with E-state index in [2.05, 4.69) is 34.4 Å². The Labute approximate surface area is 113 Å². The molecule has 1 aromatic carbocycles. The van der Waals surface area contributed by atoms with Gasteiger partial charge in [-0.3, -0.25) is 0 Å². The lowest BCUT2D eigenvalue weighted by molar-refractivity contribution is 0.348. The van der Waals surface area contributed by atoms with Crippen molar-refractivity contribution in [3.63, 3.8) is 0 Å². The molecule has 1 aliphatic rings. The predicted octanol–water partition coefficient (Wildman–Crippen LogP) is 2.95. The quantitative estimate of drug-likeness (QED) is 0.918. The Morgan fingerprint density at radius 1 is 1.42 bits per heavy atom. The summed E-state index contributed by atoms with van der Waals surface area (Å²) < 4.78 is 5.44. The molecule has 2 atom stereocenters. The van der Waals surface area contributed by atoms with Gasteiger partial charge in [-0.15, -0.1) is 0 Å². The Hall–Kier alpha value is -1.68. The number of fused-ring (bicyclic) bond motifs is 1. The van der Waals surface area contributed by atoms with E-state index in [4.69, 9.17) is 10.3 Å². The van der Waals surface area contributed by atoms with Gasteiger partial charge < -0.3 is 10.3 Å². The molecule has 19 heavy (non-hydrogen) atoms. The number of aromatic nitrogens is 2. The normalized spacial score (nSPS) is 20.0. The first-order valence-electron chi connectivity index (χ1n) is 6.96. The maximum atomic E-state index is 5.95. The van der Waals surface area contributed by atoms with Crippen LogP contribution in [0.3, 0.4) is 0 Å². The smallest absolute Gasteiger partial charge is 0.234 e. The second-order valence-corrected chi connectivity index (χ2v) is 5.15. The molecule has 2 unspecified atom stereocenters. The fourth-order valence-electron chi connectivity index (χ4n) is 2.73. The average molecular weight is 257 g/mol. The molecule has 0 saturated heterocycles. The van der Waals surface area contributed by atoms with Gasteiger partial charge in [0.25, 0.3) is 0 Å². The van der Waals surface area contributed by atoms with E-state index < -0.39 is 0 Å². The van der Waals surface area contributed by atoms with E-state index >= 15 is 0 Å². The van der Waals surface area contributed by atoms with Gasteiger partial charge in [-0.05, 0) is 36.8 Å². The molecule has 0 bridgehead atoms. The first-order valence-corrected chi connectivity index (χ1v) is 6.96. The van der Waals surface area contributed by atoms with Crippen molar-refractivity contribution in [1.29, 1.82) is 0 Å². The van der Waals surface area contributed by atoms with Crippen molar-refractivity contribution in [2.45, 2.75) is 44.6 Å². The van der Waals surface area contributed by atoms with E-state index in [1.165, 1.54) is 17.5 Å². The second-order valence-electron chi connectivity index (χ2n) is 5.15. The lowest BCUT2D eigenvalue weighted by Crippen LogP contribution is -2.13. The van der Waals surface area contributed by atoms with Crippen molar-refractivity contribution >= 4 is 0 Å². The number of hydrogen-bond acceptors (Lipinski definition) is 4. The highest BCUT2D eigenvalue weighted by molar-refractivity contribution is 5.35. The van der Waals surface area contributed by atoms with Crippen LogP contribution in [-0.4, -0.2) is 10.1 Å². The fraction of sp³-hybridized carbons (Fsp3) is 0.467. The molecule has 4 nitrogen and oxygen atoms in total. The highest BCUT2D eigenvalue weighted by Gasteiger charge is 2.26. The van der Waals surface area contributed by atoms with E-state index in [1.54, 1.807) is 0 Å². The number of benzene rings is 1. The fourth-order valence-corrected chi connectivity index (χ4v) is 2.73. The van der Waals surface area contributed by atoms with E-state index in [0.29, 0.717) is 11.7 Å². The molecule has 0 fully saturated rings. The molecule has 100 valence electrons. The van der Waals surface area contributed by atoms with Crippen molar-refractivity contribution < 1.29 is 4.52 Å². The van der Waals surface area contributed by atoms with Gasteiger partial charge in [-0.1, -0.05) is 36.3 Å². The topological polar surface area (TPSA) is 64.9 Å². The standard InChI is InChI=1S/C15H19N3O/c1-2-13(16)14-17-15(19-18-14)12-9-5-7-10-6-3-4-8-11(10)12/h3-4,6,8,12-13H,2,5,7,9,16H2,1H3. The summed E-state index contributed by atoms with van der Waals surface area (Å²) >= 11 is 0. The summed E-state index contributed by atoms with van der Waals surface area (Å²) in [5, 5.41) is 4.02. The zero-order valence-electron chi connectivity index (χ0n) is 11.2. The Kier molecular flexibility index (Phi) is 3.34. The maximum absolute atomic E-state index is 5.95. The lowest BCUT2D eigenvalue weighted by Gasteiger charge is -2.22. The SMILES string of the molecule is CCC(N)c1noc(C2CCCc3ccccc32)n1. The minimum absolute atomic E-state index is 0.128. The Bertz CT molecular complexity index is 564. The second kappa shape index (κ2) is 5.13. The molecule has 0 saturated carbocycles. The van der Waals surface area contributed by atoms with E-state index in [9.17, 15) is 0 Å². The van der Waals surface area contributed by atoms with Crippen LogP contribution in [0.2, 0.25) is 0 Å². The van der Waals surface area contributed by atoms with Crippen LogP contribution >= 0.6 is 0 Å². The molecule has 0 radical (unpaired) electrons. The van der Waals surface area contributed by atoms with Gasteiger partial charge in [0.15, 0.2) is 5.82 Å². The summed E-state index contributed by atoms with van der Waals surface area (Å²) in [6, 6.07) is 8.40. The number of nitrogens with zero attached hydrogens (tertiary/aromatic N) is 2. The van der Waals surface area contributed by atoms with Crippen LogP contribution in [0.15, 0.2) is 28.8 Å². The van der Waals surface area contributed by atoms with Gasteiger partial charge in [0, 0.05) is 0 Å². The summed E-state index contributed by atoms with van der Waals surface area (Å²) in [4.78, 5) is 4.50. The van der Waals surface area contributed by atoms with Gasteiger partial charge in [0.05, 0.1) is 12.0 Å². The Balaban J connectivity index is 1.93. The van der Waals surface area contributed by atoms with Crippen LogP contribution in [0.4, 0.5) is 0 Å². The number of rotatable bonds is 3. The molecule has 0 spiro atoms. The molecular formula is C15H19N3O. The zero-order valence-corrected chi connectivity index (χ0v) is 11.2. The van der Waals surface area contributed by atoms with Crippen molar-refractivity contribution in [2.24, 2.45) is 5.73 Å². The van der Waals surface area contributed by atoms with Gasteiger partial charge >= 0.3 is 0 Å². The van der Waals surface area contributed by atoms with Crippen molar-refractivity contribution in [2.75, 3.05) is 0 Å². The summed E-state index contributed by atoms with van der Waals surface area (Å²) in [5.41, 5.74) is 8.68. The molecule has 0 amide bonds. The summed E-state index contributed by atoms with van der Waals surface area (Å²) in [6.07, 6.45) is 4.20. The van der Waals surface area contributed by atoms with Crippen LogP contribution in [0.1, 0.15) is 61.0 Å². The van der Waals surface area contributed by atoms with Crippen molar-refractivity contribution in [3.8, 4) is 0 Å². The monoisotopic (exact) mass is 257 g/mol. The van der Waals surface area contributed by atoms with Crippen LogP contribution in [0.5, 0.6) is 0 Å². The highest BCUT2D eigenvalue weighted by Crippen LogP contribution is 2.35. The molecule has 1 heterocycles. The van der Waals surface area contributed by atoms with Gasteiger partial charge in [-0.25, -0.2) is 0 Å². The number of nitrogens with two attached hydrogens (primary N) is 1. The van der Waals surface area contributed by atoms with Crippen LogP contribution in [0.25, 0.3) is 0 Å². The van der Waals surface area contributed by atoms with Crippen LogP contribution < -0.4 is 5.73 Å². The minimum Gasteiger partial charge on any atom is -0.339 e. The highest BCUT2D eigenvalue weighted by atomic mass is 16.5. The van der Waals surface area contributed by atoms with Gasteiger partial charge in [0.2, 0.25) is 5.89 Å². The minimum atomic E-state index is -0.128. The molecule has 0 aliphatic heterocycles. The Morgan fingerprint density at radius 2 is 2.26 bits per heavy atom. The zero-order chi connectivity index (χ0) is 13.2. The third-order valence-corrected chi connectivity index (χ3v) is 3.90. The van der Waals surface area contributed by atoms with Crippen LogP contribution in [0, 0.1) is 0 Å². The third-order valence-electron chi connectivity index (χ3n) is 3.90. The van der Waals surface area contributed by atoms with E-state index in [0.717, 1.165) is 19.3 Å². The molecule has 1 aliphatic carbocycles. The Morgan fingerprint density at radius 3 is 3.11 bits per heavy atom. The summed E-state index contributed by atoms with van der Waals surface area (Å²) in [7, 11) is 0. The molecule has 4 heteroatoms. The van der Waals surface area contributed by atoms with Crippen molar-refractivity contribution in [1.82, 2.24) is 10.1 Å². The van der Waals surface area contributed by atoms with E-state index in [1.807, 2.05) is 6.92 Å². The van der Waals surface area contributed by atoms with E-state index in [-0.39, 0.29) is 12.0 Å². The summed E-state index contributed by atoms with van der Waals surface area (Å²) in [6.45, 7) is 2.02. The molecule has 2 aromatic rings. The molecular weight excluding hydrogens is 238 g/mol. The first-order chi connectivity index (χ1) is 9.29.